The van der Waals surface area contributed by atoms with Gasteiger partial charge in [-0.15, -0.1) is 5.10 Å². The number of pyridine rings is 1. The van der Waals surface area contributed by atoms with Crippen LogP contribution >= 0.6 is 0 Å². The Kier molecular flexibility index (Phi) is 5.65. The van der Waals surface area contributed by atoms with Gasteiger partial charge < -0.3 is 10.6 Å². The van der Waals surface area contributed by atoms with Gasteiger partial charge in [0.25, 0.3) is 5.78 Å². The second-order valence-corrected chi connectivity index (χ2v) is 7.11. The summed E-state index contributed by atoms with van der Waals surface area (Å²) in [5.41, 5.74) is 3.92. The highest BCUT2D eigenvalue weighted by molar-refractivity contribution is 5.76. The Labute approximate surface area is 174 Å². The molecule has 2 N–H and O–H groups in total. The van der Waals surface area contributed by atoms with Gasteiger partial charge in [-0.2, -0.15) is 9.50 Å². The van der Waals surface area contributed by atoms with E-state index in [1.807, 2.05) is 56.3 Å². The Bertz CT molecular complexity index is 1150. The number of fused-ring (bicyclic) bond motifs is 1. The quantitative estimate of drug-likeness (QED) is 0.494. The van der Waals surface area contributed by atoms with E-state index in [0.717, 1.165) is 22.6 Å². The van der Waals surface area contributed by atoms with Gasteiger partial charge in [0.05, 0.1) is 0 Å². The summed E-state index contributed by atoms with van der Waals surface area (Å²) in [6.45, 7) is 4.94. The van der Waals surface area contributed by atoms with Crippen molar-refractivity contribution in [3.63, 3.8) is 0 Å². The fourth-order valence-electron chi connectivity index (χ4n) is 3.03. The molecule has 0 radical (unpaired) electrons. The van der Waals surface area contributed by atoms with Crippen LogP contribution in [0.4, 0.5) is 5.82 Å². The van der Waals surface area contributed by atoms with E-state index in [1.54, 1.807) is 16.9 Å². The van der Waals surface area contributed by atoms with Crippen LogP contribution in [0.15, 0.2) is 54.9 Å². The van der Waals surface area contributed by atoms with E-state index in [-0.39, 0.29) is 5.91 Å². The predicted octanol–water partition coefficient (Wildman–Crippen LogP) is 2.92. The number of hydrogen-bond donors (Lipinski definition) is 2. The van der Waals surface area contributed by atoms with Crippen LogP contribution in [-0.2, 0) is 11.3 Å². The maximum absolute atomic E-state index is 12.2. The number of nitrogens with one attached hydrogen (secondary N) is 2. The van der Waals surface area contributed by atoms with Crippen molar-refractivity contribution in [1.82, 2.24) is 29.9 Å². The van der Waals surface area contributed by atoms with Gasteiger partial charge in [0.15, 0.2) is 5.82 Å². The molecular weight excluding hydrogens is 378 g/mol. The number of aromatic nitrogens is 5. The number of benzene rings is 1. The van der Waals surface area contributed by atoms with E-state index in [1.165, 1.54) is 5.56 Å². The maximum Gasteiger partial charge on any atom is 0.254 e. The van der Waals surface area contributed by atoms with E-state index < -0.39 is 0 Å². The summed E-state index contributed by atoms with van der Waals surface area (Å²) in [7, 11) is 0. The minimum Gasteiger partial charge on any atom is -0.369 e. The normalized spacial score (nSPS) is 10.9. The molecule has 0 spiro atoms. The fraction of sp³-hybridized carbons (Fsp3) is 0.227. The smallest absolute Gasteiger partial charge is 0.254 e. The summed E-state index contributed by atoms with van der Waals surface area (Å²) in [6.07, 6.45) is 3.77. The lowest BCUT2D eigenvalue weighted by atomic mass is 10.1. The van der Waals surface area contributed by atoms with E-state index in [0.29, 0.717) is 31.1 Å². The molecule has 3 heterocycles. The van der Waals surface area contributed by atoms with Gasteiger partial charge >= 0.3 is 0 Å². The second-order valence-electron chi connectivity index (χ2n) is 7.11. The molecule has 4 aromatic rings. The van der Waals surface area contributed by atoms with Crippen LogP contribution in [0.5, 0.6) is 0 Å². The zero-order valence-electron chi connectivity index (χ0n) is 17.0. The zero-order chi connectivity index (χ0) is 20.9. The third-order valence-corrected chi connectivity index (χ3v) is 4.63. The number of rotatable bonds is 7. The van der Waals surface area contributed by atoms with E-state index in [2.05, 4.69) is 30.7 Å². The van der Waals surface area contributed by atoms with Crippen molar-refractivity contribution < 1.29 is 4.79 Å². The summed E-state index contributed by atoms with van der Waals surface area (Å²) >= 11 is 0. The van der Waals surface area contributed by atoms with Crippen LogP contribution < -0.4 is 10.6 Å². The molecule has 0 fully saturated rings. The number of carbonyl (C=O) groups excluding carboxylic acids is 1. The van der Waals surface area contributed by atoms with Crippen molar-refractivity contribution in [2.75, 3.05) is 11.9 Å². The van der Waals surface area contributed by atoms with Gasteiger partial charge in [-0.1, -0.05) is 29.8 Å². The minimum atomic E-state index is -0.0141. The average molecular weight is 401 g/mol. The van der Waals surface area contributed by atoms with Gasteiger partial charge in [0.2, 0.25) is 5.91 Å². The first-order valence-corrected chi connectivity index (χ1v) is 9.79. The third-order valence-electron chi connectivity index (χ3n) is 4.63. The zero-order valence-corrected chi connectivity index (χ0v) is 17.0. The molecule has 1 amide bonds. The van der Waals surface area contributed by atoms with Crippen molar-refractivity contribution in [3.05, 3.63) is 71.7 Å². The van der Waals surface area contributed by atoms with E-state index >= 15 is 0 Å². The Morgan fingerprint density at radius 2 is 1.93 bits per heavy atom. The van der Waals surface area contributed by atoms with Gasteiger partial charge in [0, 0.05) is 49.2 Å². The molecule has 8 nitrogen and oxygen atoms in total. The highest BCUT2D eigenvalue weighted by Crippen LogP contribution is 2.17. The minimum absolute atomic E-state index is 0.0141. The molecule has 0 saturated heterocycles. The molecule has 30 heavy (non-hydrogen) atoms. The predicted molar refractivity (Wildman–Crippen MR) is 115 cm³/mol. The van der Waals surface area contributed by atoms with Crippen LogP contribution in [0, 0.1) is 13.8 Å². The summed E-state index contributed by atoms with van der Waals surface area (Å²) in [5.74, 6) is 1.78. The van der Waals surface area contributed by atoms with Crippen LogP contribution in [0.1, 0.15) is 23.2 Å². The average Bonchev–Trinajstić information content (AvgIpc) is 3.18. The molecule has 1 aromatic carbocycles. The van der Waals surface area contributed by atoms with Crippen molar-refractivity contribution in [2.45, 2.75) is 26.8 Å². The molecular formula is C22H23N7O. The molecule has 0 atom stereocenters. The standard InChI is InChI=1S/C22H23N7O/c1-15-5-7-17(8-6-15)13-25-20(30)9-11-24-19-12-16(2)26-22-27-21(28-29(19)22)18-4-3-10-23-14-18/h3-8,10,12,14,24H,9,11,13H2,1-2H3,(H,25,30). The molecule has 0 aliphatic carbocycles. The molecule has 0 aliphatic rings. The number of hydrogen-bond acceptors (Lipinski definition) is 6. The van der Waals surface area contributed by atoms with Crippen molar-refractivity contribution in [2.24, 2.45) is 0 Å². The summed E-state index contributed by atoms with van der Waals surface area (Å²) in [6, 6.07) is 13.8. The third kappa shape index (κ3) is 4.60. The van der Waals surface area contributed by atoms with Crippen molar-refractivity contribution in [3.8, 4) is 11.4 Å². The van der Waals surface area contributed by atoms with Crippen LogP contribution in [0.2, 0.25) is 0 Å². The topological polar surface area (TPSA) is 97.1 Å². The number of amides is 1. The Morgan fingerprint density at radius 3 is 2.70 bits per heavy atom. The summed E-state index contributed by atoms with van der Waals surface area (Å²) in [4.78, 5) is 25.2. The van der Waals surface area contributed by atoms with Gasteiger partial charge in [0.1, 0.15) is 5.82 Å². The Hall–Kier alpha value is -3.81. The molecule has 4 rings (SSSR count). The molecule has 3 aromatic heterocycles. The summed E-state index contributed by atoms with van der Waals surface area (Å²) < 4.78 is 1.65. The van der Waals surface area contributed by atoms with Crippen molar-refractivity contribution in [1.29, 1.82) is 0 Å². The molecule has 152 valence electrons. The maximum atomic E-state index is 12.2. The van der Waals surface area contributed by atoms with Crippen LogP contribution in [-0.4, -0.2) is 37.0 Å². The van der Waals surface area contributed by atoms with Crippen molar-refractivity contribution >= 4 is 17.5 Å². The Morgan fingerprint density at radius 1 is 1.10 bits per heavy atom. The van der Waals surface area contributed by atoms with Crippen LogP contribution in [0.25, 0.3) is 17.2 Å². The first kappa shape index (κ1) is 19.5. The largest absolute Gasteiger partial charge is 0.369 e. The number of nitrogens with zero attached hydrogens (tertiary/aromatic N) is 5. The molecule has 8 heteroatoms. The lowest BCUT2D eigenvalue weighted by Gasteiger charge is -2.09. The molecule has 0 bridgehead atoms. The lowest BCUT2D eigenvalue weighted by Crippen LogP contribution is -2.25. The molecule has 0 aliphatic heterocycles. The van der Waals surface area contributed by atoms with E-state index in [4.69, 9.17) is 0 Å². The number of aryl methyl sites for hydroxylation is 2. The fourth-order valence-corrected chi connectivity index (χ4v) is 3.03. The molecule has 0 unspecified atom stereocenters. The lowest BCUT2D eigenvalue weighted by molar-refractivity contribution is -0.121. The molecule has 0 saturated carbocycles. The Balaban J connectivity index is 1.39. The van der Waals surface area contributed by atoms with Gasteiger partial charge in [-0.3, -0.25) is 9.78 Å². The van der Waals surface area contributed by atoms with Crippen LogP contribution in [0.3, 0.4) is 0 Å². The number of carbonyl (C=O) groups is 1. The second kappa shape index (κ2) is 8.69. The number of anilines is 1. The first-order valence-electron chi connectivity index (χ1n) is 9.79. The highest BCUT2D eigenvalue weighted by Gasteiger charge is 2.12. The summed E-state index contributed by atoms with van der Waals surface area (Å²) in [5, 5.41) is 10.8. The van der Waals surface area contributed by atoms with E-state index in [9.17, 15) is 4.79 Å². The highest BCUT2D eigenvalue weighted by atomic mass is 16.1. The SMILES string of the molecule is Cc1ccc(CNC(=O)CCNc2cc(C)nc3nc(-c4cccnc4)nn23)cc1. The first-order chi connectivity index (χ1) is 14.6. The van der Waals surface area contributed by atoms with Gasteiger partial charge in [-0.25, -0.2) is 4.98 Å². The monoisotopic (exact) mass is 401 g/mol. The van der Waals surface area contributed by atoms with Gasteiger partial charge in [-0.05, 0) is 31.5 Å².